The maximum atomic E-state index is 13.1. The van der Waals surface area contributed by atoms with Crippen LogP contribution >= 0.6 is 0 Å². The lowest BCUT2D eigenvalue weighted by atomic mass is 9.96. The van der Waals surface area contributed by atoms with Crippen molar-refractivity contribution in [2.24, 2.45) is 0 Å². The molecule has 2 amide bonds. The largest absolute Gasteiger partial charge is 0.465 e. The first kappa shape index (κ1) is 22.6. The van der Waals surface area contributed by atoms with Crippen molar-refractivity contribution in [3.05, 3.63) is 29.3 Å². The first-order chi connectivity index (χ1) is 14.3. The summed E-state index contributed by atoms with van der Waals surface area (Å²) in [6.07, 6.45) is 6.73. The third-order valence-corrected chi connectivity index (χ3v) is 8.00. The molecule has 1 saturated carbocycles. The molecule has 0 radical (unpaired) electrons. The van der Waals surface area contributed by atoms with Gasteiger partial charge in [0.05, 0.1) is 17.6 Å². The lowest BCUT2D eigenvalue weighted by Gasteiger charge is -2.32. The van der Waals surface area contributed by atoms with Crippen LogP contribution in [0.2, 0.25) is 0 Å². The number of carbonyl (C=O) groups is 2. The molecule has 1 aromatic rings. The zero-order chi connectivity index (χ0) is 21.7. The number of hydrogen-bond donors (Lipinski definition) is 2. The van der Waals surface area contributed by atoms with E-state index in [-0.39, 0.29) is 23.0 Å². The molecule has 1 aliphatic heterocycles. The van der Waals surface area contributed by atoms with Gasteiger partial charge in [-0.1, -0.05) is 19.3 Å². The Morgan fingerprint density at radius 3 is 2.17 bits per heavy atom. The van der Waals surface area contributed by atoms with Gasteiger partial charge < -0.3 is 15.4 Å². The zero-order valence-corrected chi connectivity index (χ0v) is 18.5. The van der Waals surface area contributed by atoms with Gasteiger partial charge in [0.1, 0.15) is 0 Å². The lowest BCUT2D eigenvalue weighted by molar-refractivity contribution is 0.0600. The highest BCUT2D eigenvalue weighted by Gasteiger charge is 2.31. The molecule has 1 aromatic carbocycles. The summed E-state index contributed by atoms with van der Waals surface area (Å²) in [7, 11) is -2.38. The Morgan fingerprint density at radius 2 is 1.60 bits per heavy atom. The molecule has 1 saturated heterocycles. The van der Waals surface area contributed by atoms with E-state index in [9.17, 15) is 18.0 Å². The van der Waals surface area contributed by atoms with Crippen LogP contribution in [-0.2, 0) is 14.8 Å². The fraction of sp³-hybridized carbons (Fsp3) is 0.619. The molecule has 0 bridgehead atoms. The van der Waals surface area contributed by atoms with Crippen molar-refractivity contribution in [3.63, 3.8) is 0 Å². The van der Waals surface area contributed by atoms with E-state index in [0.29, 0.717) is 37.1 Å². The Balaban J connectivity index is 1.56. The van der Waals surface area contributed by atoms with E-state index in [0.717, 1.165) is 25.7 Å². The second-order valence-electron chi connectivity index (χ2n) is 8.10. The van der Waals surface area contributed by atoms with Crippen LogP contribution in [0.15, 0.2) is 23.1 Å². The summed E-state index contributed by atoms with van der Waals surface area (Å²) in [6, 6.07) is 4.51. The molecule has 9 heteroatoms. The van der Waals surface area contributed by atoms with E-state index < -0.39 is 16.0 Å². The molecular weight excluding hydrogens is 406 g/mol. The number of amides is 2. The lowest BCUT2D eigenvalue weighted by Crippen LogP contribution is -2.51. The SMILES string of the molecule is COC(=O)c1ccc(S(=O)(=O)N2CCC(NC(=O)NC3CCCCC3)CC2)c(C)c1. The molecule has 0 aromatic heterocycles. The number of carbonyl (C=O) groups excluding carboxylic acids is 2. The van der Waals surface area contributed by atoms with E-state index in [1.165, 1.54) is 36.0 Å². The van der Waals surface area contributed by atoms with Crippen LogP contribution in [0.25, 0.3) is 0 Å². The van der Waals surface area contributed by atoms with Gasteiger partial charge in [0, 0.05) is 25.2 Å². The molecule has 30 heavy (non-hydrogen) atoms. The van der Waals surface area contributed by atoms with E-state index in [1.54, 1.807) is 6.92 Å². The standard InChI is InChI=1S/C21H31N3O5S/c1-15-14-16(20(25)29-2)8-9-19(15)30(27,28)24-12-10-18(11-13-24)23-21(26)22-17-6-4-3-5-7-17/h8-9,14,17-18H,3-7,10-13H2,1-2H3,(H2,22,23,26). The molecule has 0 unspecified atom stereocenters. The molecule has 166 valence electrons. The molecule has 2 N–H and O–H groups in total. The van der Waals surface area contributed by atoms with Crippen LogP contribution in [0.3, 0.4) is 0 Å². The highest BCUT2D eigenvalue weighted by Crippen LogP contribution is 2.24. The number of hydrogen-bond acceptors (Lipinski definition) is 5. The summed E-state index contributed by atoms with van der Waals surface area (Å²) in [4.78, 5) is 24.1. The maximum Gasteiger partial charge on any atom is 0.337 e. The summed E-state index contributed by atoms with van der Waals surface area (Å²) < 4.78 is 32.3. The highest BCUT2D eigenvalue weighted by atomic mass is 32.2. The number of nitrogens with zero attached hydrogens (tertiary/aromatic N) is 1. The summed E-state index contributed by atoms with van der Waals surface area (Å²) in [5.74, 6) is -0.500. The van der Waals surface area contributed by atoms with Gasteiger partial charge in [-0.05, 0) is 56.4 Å². The Hall–Kier alpha value is -2.13. The number of rotatable bonds is 5. The number of aryl methyl sites for hydroxylation is 1. The Bertz CT molecular complexity index is 873. The molecule has 2 aliphatic rings. The van der Waals surface area contributed by atoms with Crippen molar-refractivity contribution < 1.29 is 22.7 Å². The minimum atomic E-state index is -3.66. The molecule has 8 nitrogen and oxygen atoms in total. The van der Waals surface area contributed by atoms with Gasteiger partial charge >= 0.3 is 12.0 Å². The van der Waals surface area contributed by atoms with Gasteiger partial charge in [0.15, 0.2) is 0 Å². The first-order valence-electron chi connectivity index (χ1n) is 10.6. The van der Waals surface area contributed by atoms with Gasteiger partial charge in [-0.15, -0.1) is 0 Å². The van der Waals surface area contributed by atoms with Crippen LogP contribution in [0.5, 0.6) is 0 Å². The molecule has 3 rings (SSSR count). The molecule has 1 heterocycles. The number of piperidine rings is 1. The van der Waals surface area contributed by atoms with Gasteiger partial charge in [0.25, 0.3) is 0 Å². The molecule has 0 spiro atoms. The van der Waals surface area contributed by atoms with Gasteiger partial charge in [-0.25, -0.2) is 18.0 Å². The Labute approximate surface area is 178 Å². The summed E-state index contributed by atoms with van der Waals surface area (Å²) >= 11 is 0. The summed E-state index contributed by atoms with van der Waals surface area (Å²) in [5.41, 5.74) is 0.825. The topological polar surface area (TPSA) is 105 Å². The minimum absolute atomic E-state index is 0.0390. The van der Waals surface area contributed by atoms with Crippen molar-refractivity contribution in [2.45, 2.75) is 68.8 Å². The maximum absolute atomic E-state index is 13.1. The quantitative estimate of drug-likeness (QED) is 0.689. The summed E-state index contributed by atoms with van der Waals surface area (Å²) in [6.45, 7) is 2.35. The number of ether oxygens (including phenoxy) is 1. The predicted molar refractivity (Wildman–Crippen MR) is 113 cm³/mol. The van der Waals surface area contributed by atoms with Crippen molar-refractivity contribution in [3.8, 4) is 0 Å². The summed E-state index contributed by atoms with van der Waals surface area (Å²) in [5, 5.41) is 6.03. The molecular formula is C21H31N3O5S. The third kappa shape index (κ3) is 5.31. The van der Waals surface area contributed by atoms with E-state index in [4.69, 9.17) is 0 Å². The number of methoxy groups -OCH3 is 1. The number of urea groups is 1. The zero-order valence-electron chi connectivity index (χ0n) is 17.6. The minimum Gasteiger partial charge on any atom is -0.465 e. The van der Waals surface area contributed by atoms with Crippen LogP contribution in [-0.4, -0.2) is 57.0 Å². The Kier molecular flexibility index (Phi) is 7.36. The third-order valence-electron chi connectivity index (χ3n) is 5.94. The fourth-order valence-corrected chi connectivity index (χ4v) is 5.90. The second kappa shape index (κ2) is 9.78. The number of benzene rings is 1. The van der Waals surface area contributed by atoms with Crippen LogP contribution in [0.1, 0.15) is 60.9 Å². The number of nitrogens with one attached hydrogen (secondary N) is 2. The van der Waals surface area contributed by atoms with E-state index >= 15 is 0 Å². The molecule has 0 atom stereocenters. The molecule has 1 aliphatic carbocycles. The number of esters is 1. The van der Waals surface area contributed by atoms with Crippen LogP contribution < -0.4 is 10.6 Å². The number of sulfonamides is 1. The second-order valence-corrected chi connectivity index (χ2v) is 10.0. The fourth-order valence-electron chi connectivity index (χ4n) is 4.22. The van der Waals surface area contributed by atoms with Crippen molar-refractivity contribution in [2.75, 3.05) is 20.2 Å². The van der Waals surface area contributed by atoms with Crippen LogP contribution in [0, 0.1) is 6.92 Å². The van der Waals surface area contributed by atoms with Gasteiger partial charge in [-0.2, -0.15) is 4.31 Å². The van der Waals surface area contributed by atoms with Crippen molar-refractivity contribution in [1.29, 1.82) is 0 Å². The van der Waals surface area contributed by atoms with Gasteiger partial charge in [-0.3, -0.25) is 0 Å². The normalized spacial score (nSPS) is 19.3. The molecule has 2 fully saturated rings. The highest BCUT2D eigenvalue weighted by molar-refractivity contribution is 7.89. The smallest absolute Gasteiger partial charge is 0.337 e. The van der Waals surface area contributed by atoms with E-state index in [2.05, 4.69) is 15.4 Å². The van der Waals surface area contributed by atoms with Crippen LogP contribution in [0.4, 0.5) is 4.79 Å². The average Bonchev–Trinajstić information content (AvgIpc) is 2.74. The van der Waals surface area contributed by atoms with Crippen molar-refractivity contribution in [1.82, 2.24) is 14.9 Å². The monoisotopic (exact) mass is 437 g/mol. The Morgan fingerprint density at radius 1 is 1.00 bits per heavy atom. The average molecular weight is 438 g/mol. The van der Waals surface area contributed by atoms with Gasteiger partial charge in [0.2, 0.25) is 10.0 Å². The van der Waals surface area contributed by atoms with Crippen molar-refractivity contribution >= 4 is 22.0 Å². The first-order valence-corrected chi connectivity index (χ1v) is 12.0. The predicted octanol–water partition coefficient (Wildman–Crippen LogP) is 2.57. The van der Waals surface area contributed by atoms with E-state index in [1.807, 2.05) is 0 Å².